The Balaban J connectivity index is 2.22. The van der Waals surface area contributed by atoms with Crippen LogP contribution in [-0.4, -0.2) is 41.2 Å². The lowest BCUT2D eigenvalue weighted by molar-refractivity contribution is 0.0518. The molecule has 2 N–H and O–H groups in total. The monoisotopic (exact) mass is 422 g/mol. The van der Waals surface area contributed by atoms with Crippen LogP contribution < -0.4 is 5.32 Å². The van der Waals surface area contributed by atoms with Crippen LogP contribution in [0.5, 0.6) is 0 Å². The molecule has 0 saturated carbocycles. The molecule has 0 bridgehead atoms. The Morgan fingerprint density at radius 2 is 1.65 bits per heavy atom. The minimum Gasteiger partial charge on any atom is -0.478 e. The van der Waals surface area contributed by atoms with Crippen molar-refractivity contribution in [2.24, 2.45) is 0 Å². The Morgan fingerprint density at radius 3 is 2.32 bits per heavy atom. The zero-order valence-corrected chi connectivity index (χ0v) is 17.4. The van der Waals surface area contributed by atoms with Crippen LogP contribution in [0.15, 0.2) is 42.6 Å². The molecule has 2 aromatic carbocycles. The van der Waals surface area contributed by atoms with Gasteiger partial charge in [-0.05, 0) is 56.7 Å². The van der Waals surface area contributed by atoms with Gasteiger partial charge >= 0.3 is 17.9 Å². The third-order valence-corrected chi connectivity index (χ3v) is 4.62. The first-order valence-corrected chi connectivity index (χ1v) is 9.73. The van der Waals surface area contributed by atoms with Gasteiger partial charge in [0.2, 0.25) is 0 Å². The van der Waals surface area contributed by atoms with Crippen LogP contribution in [0.3, 0.4) is 0 Å². The average Bonchev–Trinajstić information content (AvgIpc) is 2.75. The third-order valence-electron chi connectivity index (χ3n) is 4.62. The molecule has 0 unspecified atom stereocenters. The summed E-state index contributed by atoms with van der Waals surface area (Å²) >= 11 is 0. The molecular weight excluding hydrogens is 400 g/mol. The van der Waals surface area contributed by atoms with E-state index in [0.29, 0.717) is 27.8 Å². The first-order chi connectivity index (χ1) is 14.8. The number of nitrogens with one attached hydrogen (secondary N) is 1. The minimum absolute atomic E-state index is 0.0939. The second-order valence-electron chi connectivity index (χ2n) is 6.68. The van der Waals surface area contributed by atoms with Crippen molar-refractivity contribution >= 4 is 40.2 Å². The third kappa shape index (κ3) is 4.63. The van der Waals surface area contributed by atoms with E-state index in [2.05, 4.69) is 10.3 Å². The highest BCUT2D eigenvalue weighted by atomic mass is 16.5. The van der Waals surface area contributed by atoms with E-state index in [0.717, 1.165) is 5.56 Å². The topological polar surface area (TPSA) is 115 Å². The molecule has 160 valence electrons. The summed E-state index contributed by atoms with van der Waals surface area (Å²) in [7, 11) is 0. The number of pyridine rings is 1. The maximum atomic E-state index is 12.6. The molecule has 0 amide bonds. The van der Waals surface area contributed by atoms with Crippen molar-refractivity contribution in [2.75, 3.05) is 18.5 Å². The van der Waals surface area contributed by atoms with Crippen molar-refractivity contribution in [3.63, 3.8) is 0 Å². The summed E-state index contributed by atoms with van der Waals surface area (Å²) in [6, 6.07) is 9.48. The van der Waals surface area contributed by atoms with Crippen LogP contribution >= 0.6 is 0 Å². The molecule has 0 fully saturated rings. The van der Waals surface area contributed by atoms with Crippen LogP contribution in [0.4, 0.5) is 11.4 Å². The Morgan fingerprint density at radius 1 is 0.968 bits per heavy atom. The van der Waals surface area contributed by atoms with Gasteiger partial charge in [0.25, 0.3) is 0 Å². The number of esters is 2. The second-order valence-corrected chi connectivity index (χ2v) is 6.68. The number of carboxylic acids is 1. The van der Waals surface area contributed by atoms with Crippen molar-refractivity contribution in [3.8, 4) is 0 Å². The quantitative estimate of drug-likeness (QED) is 0.541. The average molecular weight is 422 g/mol. The van der Waals surface area contributed by atoms with Crippen molar-refractivity contribution < 1.29 is 29.0 Å². The highest BCUT2D eigenvalue weighted by molar-refractivity contribution is 6.08. The maximum absolute atomic E-state index is 12.6. The Bertz CT molecular complexity index is 1170. The molecule has 3 aromatic rings. The van der Waals surface area contributed by atoms with Crippen LogP contribution in [0, 0.1) is 6.92 Å². The van der Waals surface area contributed by atoms with Gasteiger partial charge < -0.3 is 19.9 Å². The number of ether oxygens (including phenoxy) is 2. The van der Waals surface area contributed by atoms with E-state index in [1.54, 1.807) is 38.1 Å². The number of anilines is 2. The molecule has 8 nitrogen and oxygen atoms in total. The first-order valence-electron chi connectivity index (χ1n) is 9.73. The second kappa shape index (κ2) is 9.25. The number of aryl methyl sites for hydroxylation is 1. The first kappa shape index (κ1) is 21.8. The SMILES string of the molecule is CCOC(=O)c1ccc2ncc(C(=O)OCC)c(Nc3cc(C(=O)O)ccc3C)c2c1. The van der Waals surface area contributed by atoms with E-state index in [1.807, 2.05) is 6.92 Å². The number of hydrogen-bond acceptors (Lipinski definition) is 7. The van der Waals surface area contributed by atoms with E-state index < -0.39 is 17.9 Å². The van der Waals surface area contributed by atoms with Crippen LogP contribution in [0.25, 0.3) is 10.9 Å². The summed E-state index contributed by atoms with van der Waals surface area (Å²) in [5.41, 5.74) is 2.73. The molecule has 0 saturated heterocycles. The Hall–Kier alpha value is -3.94. The number of carbonyl (C=O) groups excluding carboxylic acids is 2. The van der Waals surface area contributed by atoms with Crippen LogP contribution in [0.1, 0.15) is 50.5 Å². The van der Waals surface area contributed by atoms with E-state index >= 15 is 0 Å². The number of hydrogen-bond donors (Lipinski definition) is 2. The molecule has 0 aliphatic rings. The molecule has 0 radical (unpaired) electrons. The van der Waals surface area contributed by atoms with Crippen molar-refractivity contribution in [2.45, 2.75) is 20.8 Å². The largest absolute Gasteiger partial charge is 0.478 e. The zero-order chi connectivity index (χ0) is 22.5. The summed E-state index contributed by atoms with van der Waals surface area (Å²) in [6.07, 6.45) is 1.39. The fourth-order valence-electron chi connectivity index (χ4n) is 3.06. The summed E-state index contributed by atoms with van der Waals surface area (Å²) in [5, 5.41) is 13.0. The van der Waals surface area contributed by atoms with Gasteiger partial charge in [-0.2, -0.15) is 0 Å². The van der Waals surface area contributed by atoms with Gasteiger partial charge in [0.05, 0.1) is 35.5 Å². The normalized spacial score (nSPS) is 10.5. The molecule has 1 heterocycles. The predicted molar refractivity (Wildman–Crippen MR) is 115 cm³/mol. The highest BCUT2D eigenvalue weighted by Crippen LogP contribution is 2.32. The van der Waals surface area contributed by atoms with E-state index in [1.165, 1.54) is 18.3 Å². The van der Waals surface area contributed by atoms with Crippen molar-refractivity contribution in [3.05, 3.63) is 64.8 Å². The van der Waals surface area contributed by atoms with Gasteiger partial charge in [-0.1, -0.05) is 6.07 Å². The van der Waals surface area contributed by atoms with E-state index in [4.69, 9.17) is 9.47 Å². The number of fused-ring (bicyclic) bond motifs is 1. The lowest BCUT2D eigenvalue weighted by Gasteiger charge is -2.16. The van der Waals surface area contributed by atoms with E-state index in [9.17, 15) is 19.5 Å². The zero-order valence-electron chi connectivity index (χ0n) is 17.4. The maximum Gasteiger partial charge on any atom is 0.341 e. The summed E-state index contributed by atoms with van der Waals surface area (Å²) < 4.78 is 10.2. The molecule has 0 spiro atoms. The fraction of sp³-hybridized carbons (Fsp3) is 0.217. The molecule has 0 aliphatic heterocycles. The lowest BCUT2D eigenvalue weighted by atomic mass is 10.0. The van der Waals surface area contributed by atoms with Gasteiger partial charge in [-0.3, -0.25) is 4.98 Å². The van der Waals surface area contributed by atoms with E-state index in [-0.39, 0.29) is 24.3 Å². The number of benzene rings is 2. The van der Waals surface area contributed by atoms with Crippen LogP contribution in [0.2, 0.25) is 0 Å². The van der Waals surface area contributed by atoms with Crippen molar-refractivity contribution in [1.82, 2.24) is 4.98 Å². The number of rotatable bonds is 7. The number of carbonyl (C=O) groups is 3. The minimum atomic E-state index is -1.07. The summed E-state index contributed by atoms with van der Waals surface area (Å²) in [4.78, 5) is 40.5. The Kier molecular flexibility index (Phi) is 6.49. The highest BCUT2D eigenvalue weighted by Gasteiger charge is 2.19. The molecular formula is C23H22N2O6. The molecule has 0 atom stereocenters. The molecule has 31 heavy (non-hydrogen) atoms. The number of nitrogens with zero attached hydrogens (tertiary/aromatic N) is 1. The molecule has 1 aromatic heterocycles. The summed E-state index contributed by atoms with van der Waals surface area (Å²) in [6.45, 7) is 5.62. The number of aromatic nitrogens is 1. The van der Waals surface area contributed by atoms with Crippen molar-refractivity contribution in [1.29, 1.82) is 0 Å². The van der Waals surface area contributed by atoms with Gasteiger partial charge in [-0.25, -0.2) is 14.4 Å². The molecule has 0 aliphatic carbocycles. The standard InChI is InChI=1S/C23H22N2O6/c1-4-30-22(28)15-8-9-18-16(10-15)20(17(12-24-18)23(29)31-5-2)25-19-11-14(21(26)27)7-6-13(19)3/h6-12H,4-5H2,1-3H3,(H,24,25)(H,26,27). The fourth-order valence-corrected chi connectivity index (χ4v) is 3.06. The lowest BCUT2D eigenvalue weighted by Crippen LogP contribution is -2.11. The summed E-state index contributed by atoms with van der Waals surface area (Å²) in [5.74, 6) is -2.16. The molecule has 8 heteroatoms. The predicted octanol–water partition coefficient (Wildman–Crippen LogP) is 4.34. The Labute approximate surface area is 178 Å². The van der Waals surface area contributed by atoms with Gasteiger partial charge in [-0.15, -0.1) is 0 Å². The van der Waals surface area contributed by atoms with Gasteiger partial charge in [0.15, 0.2) is 0 Å². The molecule has 3 rings (SSSR count). The van der Waals surface area contributed by atoms with Gasteiger partial charge in [0.1, 0.15) is 5.56 Å². The number of aromatic carboxylic acids is 1. The smallest absolute Gasteiger partial charge is 0.341 e. The number of carboxylic acid groups (broad SMARTS) is 1. The van der Waals surface area contributed by atoms with Crippen LogP contribution in [-0.2, 0) is 9.47 Å². The van der Waals surface area contributed by atoms with Gasteiger partial charge in [0, 0.05) is 17.3 Å².